The lowest BCUT2D eigenvalue weighted by Crippen LogP contribution is -1.95. The molecule has 0 aliphatic heterocycles. The van der Waals surface area contributed by atoms with Crippen LogP contribution in [-0.4, -0.2) is 10.2 Å². The summed E-state index contributed by atoms with van der Waals surface area (Å²) in [4.78, 5) is 4.24. The van der Waals surface area contributed by atoms with E-state index in [2.05, 4.69) is 18.8 Å². The Morgan fingerprint density at radius 2 is 2.38 bits per heavy atom. The minimum absolute atomic E-state index is 0.621. The van der Waals surface area contributed by atoms with Crippen molar-refractivity contribution in [1.82, 2.24) is 4.98 Å². The van der Waals surface area contributed by atoms with Gasteiger partial charge in [0.25, 0.3) is 0 Å². The summed E-state index contributed by atoms with van der Waals surface area (Å²) in [7, 11) is 0. The molecule has 13 heavy (non-hydrogen) atoms. The fraction of sp³-hybridized carbons (Fsp3) is 0.500. The summed E-state index contributed by atoms with van der Waals surface area (Å²) in [6, 6.07) is 3.72. The highest BCUT2D eigenvalue weighted by atomic mass is 35.5. The predicted molar refractivity (Wildman–Crippen MR) is 59.5 cm³/mol. The Kier molecular flexibility index (Phi) is 4.60. The lowest BCUT2D eigenvalue weighted by Gasteiger charge is -2.08. The molecule has 0 N–H and O–H groups in total. The summed E-state index contributed by atoms with van der Waals surface area (Å²) < 4.78 is 0. The zero-order valence-electron chi connectivity index (χ0n) is 7.96. The third kappa shape index (κ3) is 4.01. The first-order valence-electron chi connectivity index (χ1n) is 4.50. The van der Waals surface area contributed by atoms with Crippen molar-refractivity contribution in [1.29, 1.82) is 0 Å². The van der Waals surface area contributed by atoms with Crippen LogP contribution in [0.15, 0.2) is 23.4 Å². The number of halogens is 1. The summed E-state index contributed by atoms with van der Waals surface area (Å²) in [6.07, 6.45) is 4.19. The van der Waals surface area contributed by atoms with Crippen LogP contribution in [0.5, 0.6) is 0 Å². The third-order valence-electron chi connectivity index (χ3n) is 1.71. The van der Waals surface area contributed by atoms with Gasteiger partial charge in [-0.05, 0) is 18.6 Å². The lowest BCUT2D eigenvalue weighted by molar-refractivity contribution is 0.785. The standard InChI is InChI=1S/C10H14ClNS/c1-3-4-8(2)13-10-7-9(11)5-6-12-10/h5-8H,3-4H2,1-2H3. The molecule has 0 radical (unpaired) electrons. The van der Waals surface area contributed by atoms with E-state index < -0.39 is 0 Å². The van der Waals surface area contributed by atoms with Gasteiger partial charge in [0.2, 0.25) is 0 Å². The van der Waals surface area contributed by atoms with Crippen molar-refractivity contribution in [2.75, 3.05) is 0 Å². The van der Waals surface area contributed by atoms with E-state index in [1.165, 1.54) is 12.8 Å². The molecule has 0 saturated carbocycles. The second-order valence-corrected chi connectivity index (χ2v) is 4.92. The summed E-state index contributed by atoms with van der Waals surface area (Å²) >= 11 is 7.64. The van der Waals surface area contributed by atoms with Crippen LogP contribution in [0.2, 0.25) is 5.02 Å². The van der Waals surface area contributed by atoms with Gasteiger partial charge in [0, 0.05) is 16.5 Å². The molecule has 0 aromatic carbocycles. The third-order valence-corrected chi connectivity index (χ3v) is 3.05. The molecule has 0 fully saturated rings. The van der Waals surface area contributed by atoms with E-state index in [1.54, 1.807) is 24.0 Å². The number of rotatable bonds is 4. The summed E-state index contributed by atoms with van der Waals surface area (Å²) in [5, 5.41) is 2.41. The molecule has 1 heterocycles. The van der Waals surface area contributed by atoms with Crippen LogP contribution < -0.4 is 0 Å². The molecular weight excluding hydrogens is 202 g/mol. The van der Waals surface area contributed by atoms with Crippen molar-refractivity contribution in [3.63, 3.8) is 0 Å². The van der Waals surface area contributed by atoms with Gasteiger partial charge in [0.05, 0.1) is 5.03 Å². The second kappa shape index (κ2) is 5.51. The molecule has 0 saturated heterocycles. The van der Waals surface area contributed by atoms with Crippen LogP contribution in [0.4, 0.5) is 0 Å². The smallest absolute Gasteiger partial charge is 0.0977 e. The molecule has 0 spiro atoms. The van der Waals surface area contributed by atoms with Crippen LogP contribution in [0, 0.1) is 0 Å². The molecule has 1 aromatic heterocycles. The monoisotopic (exact) mass is 215 g/mol. The number of hydrogen-bond acceptors (Lipinski definition) is 2. The molecule has 0 bridgehead atoms. The lowest BCUT2D eigenvalue weighted by atomic mass is 10.3. The van der Waals surface area contributed by atoms with Gasteiger partial charge in [-0.1, -0.05) is 31.9 Å². The molecule has 72 valence electrons. The molecule has 0 amide bonds. The maximum atomic E-state index is 5.85. The number of aromatic nitrogens is 1. The minimum Gasteiger partial charge on any atom is -0.250 e. The first-order valence-corrected chi connectivity index (χ1v) is 5.76. The van der Waals surface area contributed by atoms with Crippen LogP contribution in [-0.2, 0) is 0 Å². The van der Waals surface area contributed by atoms with Gasteiger partial charge in [0.15, 0.2) is 0 Å². The van der Waals surface area contributed by atoms with Gasteiger partial charge in [0.1, 0.15) is 0 Å². The number of pyridine rings is 1. The highest BCUT2D eigenvalue weighted by Crippen LogP contribution is 2.25. The molecule has 1 rings (SSSR count). The van der Waals surface area contributed by atoms with Gasteiger partial charge in [-0.3, -0.25) is 0 Å². The van der Waals surface area contributed by atoms with E-state index in [9.17, 15) is 0 Å². The van der Waals surface area contributed by atoms with Crippen molar-refractivity contribution < 1.29 is 0 Å². The average Bonchev–Trinajstić information content (AvgIpc) is 2.04. The van der Waals surface area contributed by atoms with Crippen LogP contribution in [0.3, 0.4) is 0 Å². The molecule has 0 aliphatic rings. The SMILES string of the molecule is CCCC(C)Sc1cc(Cl)ccn1. The Balaban J connectivity index is 2.53. The highest BCUT2D eigenvalue weighted by Gasteiger charge is 2.04. The first-order chi connectivity index (χ1) is 6.22. The van der Waals surface area contributed by atoms with Crippen LogP contribution >= 0.6 is 23.4 Å². The van der Waals surface area contributed by atoms with Gasteiger partial charge in [-0.25, -0.2) is 4.98 Å². The van der Waals surface area contributed by atoms with Gasteiger partial charge >= 0.3 is 0 Å². The zero-order chi connectivity index (χ0) is 9.68. The Hall–Kier alpha value is -0.210. The van der Waals surface area contributed by atoms with Crippen molar-refractivity contribution in [2.45, 2.75) is 37.0 Å². The van der Waals surface area contributed by atoms with Crippen molar-refractivity contribution in [3.8, 4) is 0 Å². The summed E-state index contributed by atoms with van der Waals surface area (Å²) in [5.41, 5.74) is 0. The number of nitrogens with zero attached hydrogens (tertiary/aromatic N) is 1. The maximum Gasteiger partial charge on any atom is 0.0977 e. The van der Waals surface area contributed by atoms with E-state index >= 15 is 0 Å². The molecule has 1 nitrogen and oxygen atoms in total. The summed E-state index contributed by atoms with van der Waals surface area (Å²) in [6.45, 7) is 4.42. The van der Waals surface area contributed by atoms with E-state index in [-0.39, 0.29) is 0 Å². The van der Waals surface area contributed by atoms with E-state index in [1.807, 2.05) is 6.07 Å². The van der Waals surface area contributed by atoms with Crippen molar-refractivity contribution in [2.24, 2.45) is 0 Å². The fourth-order valence-corrected chi connectivity index (χ4v) is 2.43. The highest BCUT2D eigenvalue weighted by molar-refractivity contribution is 7.99. The normalized spacial score (nSPS) is 12.8. The fourth-order valence-electron chi connectivity index (χ4n) is 1.12. The zero-order valence-corrected chi connectivity index (χ0v) is 9.53. The van der Waals surface area contributed by atoms with Crippen LogP contribution in [0.1, 0.15) is 26.7 Å². The Morgan fingerprint density at radius 1 is 1.62 bits per heavy atom. The minimum atomic E-state index is 0.621. The Morgan fingerprint density at radius 3 is 3.00 bits per heavy atom. The molecule has 3 heteroatoms. The Labute approximate surface area is 88.9 Å². The van der Waals surface area contributed by atoms with Gasteiger partial charge in [-0.15, -0.1) is 11.8 Å². The molecular formula is C10H14ClNS. The Bertz CT molecular complexity index is 265. The van der Waals surface area contributed by atoms with Gasteiger partial charge < -0.3 is 0 Å². The van der Waals surface area contributed by atoms with Crippen molar-refractivity contribution in [3.05, 3.63) is 23.4 Å². The quantitative estimate of drug-likeness (QED) is 0.704. The predicted octanol–water partition coefficient (Wildman–Crippen LogP) is 4.02. The first kappa shape index (κ1) is 10.9. The largest absolute Gasteiger partial charge is 0.250 e. The number of thioether (sulfide) groups is 1. The van der Waals surface area contributed by atoms with E-state index in [0.29, 0.717) is 5.25 Å². The number of hydrogen-bond donors (Lipinski definition) is 0. The molecule has 1 aromatic rings. The van der Waals surface area contributed by atoms with Crippen molar-refractivity contribution >= 4 is 23.4 Å². The molecule has 1 unspecified atom stereocenters. The second-order valence-electron chi connectivity index (χ2n) is 3.03. The van der Waals surface area contributed by atoms with Gasteiger partial charge in [-0.2, -0.15) is 0 Å². The molecule has 1 atom stereocenters. The summed E-state index contributed by atoms with van der Waals surface area (Å²) in [5.74, 6) is 0. The maximum absolute atomic E-state index is 5.85. The average molecular weight is 216 g/mol. The molecule has 0 aliphatic carbocycles. The topological polar surface area (TPSA) is 12.9 Å². The van der Waals surface area contributed by atoms with E-state index in [4.69, 9.17) is 11.6 Å². The van der Waals surface area contributed by atoms with Crippen LogP contribution in [0.25, 0.3) is 0 Å². The van der Waals surface area contributed by atoms with E-state index in [0.717, 1.165) is 10.0 Å².